The average Bonchev–Trinajstić information content (AvgIpc) is 2.38. The molecule has 0 radical (unpaired) electrons. The maximum atomic E-state index is 9.48. The third kappa shape index (κ3) is 2.25. The largest absolute Gasteiger partial charge is 0.508 e. The predicted octanol–water partition coefficient (Wildman–Crippen LogP) is 2.80. The Bertz CT molecular complexity index is 631. The fraction of sp³-hybridized carbons (Fsp3) is 0. The van der Waals surface area contributed by atoms with Gasteiger partial charge >= 0.3 is 0 Å². The van der Waals surface area contributed by atoms with E-state index in [-0.39, 0.29) is 5.75 Å². The highest BCUT2D eigenvalue weighted by molar-refractivity contribution is 5.67. The van der Waals surface area contributed by atoms with Gasteiger partial charge in [-0.05, 0) is 41.5 Å². The van der Waals surface area contributed by atoms with Crippen molar-refractivity contribution in [2.45, 2.75) is 0 Å². The number of hydrogen-bond donors (Lipinski definition) is 1. The number of hydrogen-bond acceptors (Lipinski definition) is 3. The summed E-state index contributed by atoms with van der Waals surface area (Å²) >= 11 is 0. The van der Waals surface area contributed by atoms with Gasteiger partial charge in [-0.25, -0.2) is 0 Å². The number of aromatic hydroxyl groups is 1. The van der Waals surface area contributed by atoms with E-state index in [0.29, 0.717) is 11.1 Å². The molecule has 2 aromatic carbocycles. The molecule has 0 aliphatic carbocycles. The molecule has 0 unspecified atom stereocenters. The molecule has 0 aliphatic heterocycles. The van der Waals surface area contributed by atoms with Crippen LogP contribution in [0, 0.1) is 22.7 Å². The molecule has 0 fully saturated rings. The van der Waals surface area contributed by atoms with Gasteiger partial charge in [-0.1, -0.05) is 12.1 Å². The Hall–Kier alpha value is -2.78. The van der Waals surface area contributed by atoms with Crippen LogP contribution in [0.3, 0.4) is 0 Å². The molecule has 3 nitrogen and oxygen atoms in total. The highest BCUT2D eigenvalue weighted by Crippen LogP contribution is 2.25. The minimum atomic E-state index is 0.0587. The maximum absolute atomic E-state index is 9.48. The molecular weight excluding hydrogens is 212 g/mol. The molecule has 0 atom stereocenters. The zero-order valence-corrected chi connectivity index (χ0v) is 8.88. The first-order valence-electron chi connectivity index (χ1n) is 4.97. The van der Waals surface area contributed by atoms with E-state index in [1.165, 1.54) is 6.07 Å². The Morgan fingerprint density at radius 3 is 2.00 bits per heavy atom. The SMILES string of the molecule is N#Cc1ccc(-c2cc(O)cc(C#N)c2)cc1. The number of phenolic OH excluding ortho intramolecular Hbond substituents is 1. The van der Waals surface area contributed by atoms with E-state index in [0.717, 1.165) is 11.1 Å². The van der Waals surface area contributed by atoms with Crippen LogP contribution in [-0.4, -0.2) is 5.11 Å². The molecule has 0 aromatic heterocycles. The lowest BCUT2D eigenvalue weighted by Crippen LogP contribution is -1.82. The summed E-state index contributed by atoms with van der Waals surface area (Å²) in [6.07, 6.45) is 0. The summed E-state index contributed by atoms with van der Waals surface area (Å²) < 4.78 is 0. The van der Waals surface area contributed by atoms with Crippen molar-refractivity contribution in [2.24, 2.45) is 0 Å². The number of nitrogens with zero attached hydrogens (tertiary/aromatic N) is 2. The van der Waals surface area contributed by atoms with Gasteiger partial charge in [-0.3, -0.25) is 0 Å². The summed E-state index contributed by atoms with van der Waals surface area (Å²) in [6, 6.07) is 15.7. The van der Waals surface area contributed by atoms with Crippen LogP contribution in [0.4, 0.5) is 0 Å². The van der Waals surface area contributed by atoms with Crippen LogP contribution in [0.1, 0.15) is 11.1 Å². The van der Waals surface area contributed by atoms with Gasteiger partial charge in [0.15, 0.2) is 0 Å². The number of benzene rings is 2. The average molecular weight is 220 g/mol. The smallest absolute Gasteiger partial charge is 0.117 e. The third-order valence-corrected chi connectivity index (χ3v) is 2.39. The Morgan fingerprint density at radius 2 is 1.41 bits per heavy atom. The fourth-order valence-electron chi connectivity index (χ4n) is 1.58. The second kappa shape index (κ2) is 4.38. The summed E-state index contributed by atoms with van der Waals surface area (Å²) in [7, 11) is 0. The van der Waals surface area contributed by atoms with Gasteiger partial charge in [0.05, 0.1) is 23.3 Å². The van der Waals surface area contributed by atoms with Crippen LogP contribution in [0.5, 0.6) is 5.75 Å². The second-order valence-corrected chi connectivity index (χ2v) is 3.57. The lowest BCUT2D eigenvalue weighted by molar-refractivity contribution is 0.475. The number of rotatable bonds is 1. The summed E-state index contributed by atoms with van der Waals surface area (Å²) in [5, 5.41) is 27.0. The monoisotopic (exact) mass is 220 g/mol. The molecule has 0 aliphatic rings. The quantitative estimate of drug-likeness (QED) is 0.803. The van der Waals surface area contributed by atoms with Gasteiger partial charge in [-0.15, -0.1) is 0 Å². The zero-order chi connectivity index (χ0) is 12.3. The zero-order valence-electron chi connectivity index (χ0n) is 8.88. The van der Waals surface area contributed by atoms with Crippen molar-refractivity contribution in [3.63, 3.8) is 0 Å². The Labute approximate surface area is 98.8 Å². The Balaban J connectivity index is 2.50. The highest BCUT2D eigenvalue weighted by atomic mass is 16.3. The van der Waals surface area contributed by atoms with E-state index >= 15 is 0 Å². The third-order valence-electron chi connectivity index (χ3n) is 2.39. The van der Waals surface area contributed by atoms with Crippen LogP contribution in [0.2, 0.25) is 0 Å². The van der Waals surface area contributed by atoms with Crippen molar-refractivity contribution in [3.05, 3.63) is 53.6 Å². The van der Waals surface area contributed by atoms with Crippen molar-refractivity contribution in [1.29, 1.82) is 10.5 Å². The first-order valence-corrected chi connectivity index (χ1v) is 4.97. The van der Waals surface area contributed by atoms with Crippen LogP contribution in [-0.2, 0) is 0 Å². The summed E-state index contributed by atoms with van der Waals surface area (Å²) in [5.41, 5.74) is 2.60. The molecule has 17 heavy (non-hydrogen) atoms. The minimum Gasteiger partial charge on any atom is -0.508 e. The van der Waals surface area contributed by atoms with Gasteiger partial charge in [0, 0.05) is 0 Å². The molecule has 1 N–H and O–H groups in total. The molecule has 0 bridgehead atoms. The predicted molar refractivity (Wildman–Crippen MR) is 63.0 cm³/mol. The molecule has 0 saturated heterocycles. The van der Waals surface area contributed by atoms with E-state index in [1.54, 1.807) is 36.4 Å². The highest BCUT2D eigenvalue weighted by Gasteiger charge is 2.02. The van der Waals surface area contributed by atoms with Gasteiger partial charge in [0.25, 0.3) is 0 Å². The molecular formula is C14H8N2O. The van der Waals surface area contributed by atoms with Crippen molar-refractivity contribution < 1.29 is 5.11 Å². The van der Waals surface area contributed by atoms with Crippen LogP contribution < -0.4 is 0 Å². The van der Waals surface area contributed by atoms with Crippen LogP contribution >= 0.6 is 0 Å². The fourth-order valence-corrected chi connectivity index (χ4v) is 1.58. The van der Waals surface area contributed by atoms with E-state index in [4.69, 9.17) is 10.5 Å². The second-order valence-electron chi connectivity index (χ2n) is 3.57. The molecule has 3 heteroatoms. The topological polar surface area (TPSA) is 67.8 Å². The number of nitriles is 2. The van der Waals surface area contributed by atoms with Gasteiger partial charge in [0.2, 0.25) is 0 Å². The van der Waals surface area contributed by atoms with E-state index in [9.17, 15) is 5.11 Å². The summed E-state index contributed by atoms with van der Waals surface area (Å²) in [4.78, 5) is 0. The Kier molecular flexibility index (Phi) is 2.77. The van der Waals surface area contributed by atoms with Crippen molar-refractivity contribution in [2.75, 3.05) is 0 Å². The molecule has 0 amide bonds. The van der Waals surface area contributed by atoms with Crippen molar-refractivity contribution in [1.82, 2.24) is 0 Å². The van der Waals surface area contributed by atoms with Crippen molar-refractivity contribution >= 4 is 0 Å². The molecule has 2 rings (SSSR count). The van der Waals surface area contributed by atoms with Gasteiger partial charge in [-0.2, -0.15) is 10.5 Å². The summed E-state index contributed by atoms with van der Waals surface area (Å²) in [5.74, 6) is 0.0587. The van der Waals surface area contributed by atoms with Gasteiger partial charge in [0.1, 0.15) is 5.75 Å². The summed E-state index contributed by atoms with van der Waals surface area (Å²) in [6.45, 7) is 0. The van der Waals surface area contributed by atoms with Crippen LogP contribution in [0.25, 0.3) is 11.1 Å². The normalized spacial score (nSPS) is 9.29. The molecule has 0 saturated carbocycles. The lowest BCUT2D eigenvalue weighted by Gasteiger charge is -2.03. The van der Waals surface area contributed by atoms with Gasteiger partial charge < -0.3 is 5.11 Å². The lowest BCUT2D eigenvalue weighted by atomic mass is 10.0. The van der Waals surface area contributed by atoms with Crippen LogP contribution in [0.15, 0.2) is 42.5 Å². The maximum Gasteiger partial charge on any atom is 0.117 e. The molecule has 80 valence electrons. The minimum absolute atomic E-state index is 0.0587. The van der Waals surface area contributed by atoms with Crippen molar-refractivity contribution in [3.8, 4) is 29.0 Å². The molecule has 2 aromatic rings. The molecule has 0 heterocycles. The van der Waals surface area contributed by atoms with E-state index in [2.05, 4.69) is 0 Å². The first kappa shape index (κ1) is 10.7. The van der Waals surface area contributed by atoms with E-state index < -0.39 is 0 Å². The first-order chi connectivity index (χ1) is 8.22. The van der Waals surface area contributed by atoms with E-state index in [1.807, 2.05) is 12.1 Å². The number of phenols is 1. The Morgan fingerprint density at radius 1 is 0.765 bits per heavy atom. The standard InChI is InChI=1S/C14H8N2O/c15-8-10-1-3-12(4-2-10)13-5-11(9-16)6-14(17)7-13/h1-7,17H. The molecule has 0 spiro atoms.